The van der Waals surface area contributed by atoms with Crippen molar-refractivity contribution in [2.45, 2.75) is 12.5 Å². The Kier molecular flexibility index (Phi) is 2.87. The summed E-state index contributed by atoms with van der Waals surface area (Å²) in [5.41, 5.74) is 7.84. The van der Waals surface area contributed by atoms with Crippen LogP contribution in [-0.2, 0) is 11.3 Å². The van der Waals surface area contributed by atoms with Crippen molar-refractivity contribution < 1.29 is 9.53 Å². The predicted molar refractivity (Wildman–Crippen MR) is 56.4 cm³/mol. The summed E-state index contributed by atoms with van der Waals surface area (Å²) in [4.78, 5) is 10.8. The average Bonchev–Trinajstić information content (AvgIpc) is 2.30. The van der Waals surface area contributed by atoms with Crippen molar-refractivity contribution in [1.29, 1.82) is 0 Å². The molecule has 1 aromatic rings. The van der Waals surface area contributed by atoms with Gasteiger partial charge in [0.2, 0.25) is 0 Å². The number of nitrogens with two attached hydrogens (primary N) is 1. The Hall–Kier alpha value is -1.55. The fourth-order valence-corrected chi connectivity index (χ4v) is 1.68. The van der Waals surface area contributed by atoms with Crippen LogP contribution in [0.25, 0.3) is 0 Å². The maximum atomic E-state index is 10.8. The molecule has 0 saturated carbocycles. The van der Waals surface area contributed by atoms with Gasteiger partial charge in [0.25, 0.3) is 0 Å². The lowest BCUT2D eigenvalue weighted by Crippen LogP contribution is -2.37. The zero-order chi connectivity index (χ0) is 10.7. The van der Waals surface area contributed by atoms with Crippen molar-refractivity contribution in [3.05, 3.63) is 35.4 Å². The van der Waals surface area contributed by atoms with E-state index in [4.69, 9.17) is 10.5 Å². The Morgan fingerprint density at radius 3 is 3.07 bits per heavy atom. The Morgan fingerprint density at radius 1 is 1.53 bits per heavy atom. The molecule has 1 heterocycles. The largest absolute Gasteiger partial charge is 0.449 e. The first-order valence-electron chi connectivity index (χ1n) is 4.99. The number of cyclic esters (lactones) is 1. The van der Waals surface area contributed by atoms with Crippen molar-refractivity contribution in [3.63, 3.8) is 0 Å². The molecule has 1 amide bonds. The van der Waals surface area contributed by atoms with Crippen LogP contribution in [0.1, 0.15) is 17.0 Å². The molecule has 2 rings (SSSR count). The molecule has 0 radical (unpaired) electrons. The molecular weight excluding hydrogens is 192 g/mol. The molecule has 1 aliphatic rings. The van der Waals surface area contributed by atoms with E-state index in [0.717, 1.165) is 11.1 Å². The summed E-state index contributed by atoms with van der Waals surface area (Å²) in [6, 6.07) is 8.07. The van der Waals surface area contributed by atoms with Crippen LogP contribution in [0.4, 0.5) is 4.79 Å². The fourth-order valence-electron chi connectivity index (χ4n) is 1.68. The molecule has 1 atom stereocenters. The number of carbonyl (C=O) groups is 1. The zero-order valence-electron chi connectivity index (χ0n) is 8.40. The minimum Gasteiger partial charge on any atom is -0.449 e. The van der Waals surface area contributed by atoms with Crippen LogP contribution in [0.15, 0.2) is 24.3 Å². The second kappa shape index (κ2) is 4.31. The third-order valence-corrected chi connectivity index (χ3v) is 2.57. The van der Waals surface area contributed by atoms with Crippen molar-refractivity contribution in [2.75, 3.05) is 13.2 Å². The lowest BCUT2D eigenvalue weighted by Gasteiger charge is -2.23. The highest BCUT2D eigenvalue weighted by atomic mass is 16.6. The summed E-state index contributed by atoms with van der Waals surface area (Å²) in [7, 11) is 0. The third kappa shape index (κ3) is 2.27. The van der Waals surface area contributed by atoms with Crippen LogP contribution in [-0.4, -0.2) is 19.2 Å². The quantitative estimate of drug-likeness (QED) is 0.757. The van der Waals surface area contributed by atoms with Crippen molar-refractivity contribution in [3.8, 4) is 0 Å². The number of benzene rings is 1. The van der Waals surface area contributed by atoms with Crippen LogP contribution in [0.5, 0.6) is 0 Å². The van der Waals surface area contributed by atoms with Gasteiger partial charge in [-0.2, -0.15) is 0 Å². The number of alkyl carbamates (subject to hydrolysis) is 1. The van der Waals surface area contributed by atoms with Crippen molar-refractivity contribution in [2.24, 2.45) is 5.73 Å². The van der Waals surface area contributed by atoms with E-state index >= 15 is 0 Å². The molecule has 1 saturated heterocycles. The van der Waals surface area contributed by atoms with Gasteiger partial charge in [0.1, 0.15) is 6.61 Å². The van der Waals surface area contributed by atoms with E-state index in [1.807, 2.05) is 18.2 Å². The average molecular weight is 206 g/mol. The van der Waals surface area contributed by atoms with Gasteiger partial charge in [-0.05, 0) is 11.1 Å². The van der Waals surface area contributed by atoms with Gasteiger partial charge in [0, 0.05) is 19.0 Å². The highest BCUT2D eigenvalue weighted by Crippen LogP contribution is 2.19. The second-order valence-electron chi connectivity index (χ2n) is 3.63. The van der Waals surface area contributed by atoms with Gasteiger partial charge < -0.3 is 15.8 Å². The van der Waals surface area contributed by atoms with Gasteiger partial charge in [-0.3, -0.25) is 0 Å². The van der Waals surface area contributed by atoms with Crippen molar-refractivity contribution >= 4 is 6.09 Å². The predicted octanol–water partition coefficient (Wildman–Crippen LogP) is 0.969. The van der Waals surface area contributed by atoms with Crippen molar-refractivity contribution in [1.82, 2.24) is 5.32 Å². The van der Waals surface area contributed by atoms with Gasteiger partial charge in [-0.1, -0.05) is 24.3 Å². The van der Waals surface area contributed by atoms with E-state index in [0.29, 0.717) is 19.7 Å². The summed E-state index contributed by atoms with van der Waals surface area (Å²) in [5.74, 6) is 0.231. The van der Waals surface area contributed by atoms with E-state index in [-0.39, 0.29) is 12.0 Å². The molecule has 4 nitrogen and oxygen atoms in total. The van der Waals surface area contributed by atoms with Gasteiger partial charge >= 0.3 is 6.09 Å². The van der Waals surface area contributed by atoms with E-state index < -0.39 is 0 Å². The van der Waals surface area contributed by atoms with Gasteiger partial charge in [0.05, 0.1) is 0 Å². The lowest BCUT2D eigenvalue weighted by atomic mass is 9.97. The molecule has 15 heavy (non-hydrogen) atoms. The van der Waals surface area contributed by atoms with Crippen LogP contribution in [0.2, 0.25) is 0 Å². The molecule has 0 aromatic heterocycles. The van der Waals surface area contributed by atoms with Gasteiger partial charge in [0.15, 0.2) is 0 Å². The van der Waals surface area contributed by atoms with Crippen LogP contribution in [0, 0.1) is 0 Å². The SMILES string of the molecule is NCc1cccc(C2CNC(=O)OC2)c1. The Morgan fingerprint density at radius 2 is 2.40 bits per heavy atom. The van der Waals surface area contributed by atoms with E-state index in [2.05, 4.69) is 11.4 Å². The molecule has 0 bridgehead atoms. The second-order valence-corrected chi connectivity index (χ2v) is 3.63. The molecule has 0 spiro atoms. The number of amides is 1. The fraction of sp³-hybridized carbons (Fsp3) is 0.364. The molecule has 1 fully saturated rings. The first-order chi connectivity index (χ1) is 7.29. The molecule has 4 heteroatoms. The van der Waals surface area contributed by atoms with Crippen LogP contribution in [0.3, 0.4) is 0 Å². The molecule has 1 aromatic carbocycles. The highest BCUT2D eigenvalue weighted by molar-refractivity contribution is 5.68. The summed E-state index contributed by atoms with van der Waals surface area (Å²) in [6.45, 7) is 1.61. The standard InChI is InChI=1S/C11H14N2O2/c12-5-8-2-1-3-9(4-8)10-6-13-11(14)15-7-10/h1-4,10H,5-7,12H2,(H,13,14). The van der Waals surface area contributed by atoms with E-state index in [1.54, 1.807) is 0 Å². The number of carbonyl (C=O) groups excluding carboxylic acids is 1. The lowest BCUT2D eigenvalue weighted by molar-refractivity contribution is 0.120. The monoisotopic (exact) mass is 206 g/mol. The zero-order valence-corrected chi connectivity index (χ0v) is 8.40. The maximum absolute atomic E-state index is 10.8. The van der Waals surface area contributed by atoms with Crippen LogP contribution >= 0.6 is 0 Å². The normalized spacial score (nSPS) is 20.6. The molecule has 1 aliphatic heterocycles. The van der Waals surface area contributed by atoms with E-state index in [9.17, 15) is 4.79 Å². The van der Waals surface area contributed by atoms with Crippen LogP contribution < -0.4 is 11.1 Å². The number of hydrogen-bond donors (Lipinski definition) is 2. The minimum absolute atomic E-state index is 0.231. The number of rotatable bonds is 2. The molecule has 80 valence electrons. The number of nitrogens with one attached hydrogen (secondary N) is 1. The maximum Gasteiger partial charge on any atom is 0.407 e. The topological polar surface area (TPSA) is 64.3 Å². The Balaban J connectivity index is 2.11. The summed E-state index contributed by atoms with van der Waals surface area (Å²) in [5, 5.41) is 2.68. The molecule has 1 unspecified atom stereocenters. The Labute approximate surface area is 88.4 Å². The summed E-state index contributed by atoms with van der Waals surface area (Å²) >= 11 is 0. The first kappa shape index (κ1) is 9.98. The van der Waals surface area contributed by atoms with E-state index in [1.165, 1.54) is 0 Å². The third-order valence-electron chi connectivity index (χ3n) is 2.57. The summed E-state index contributed by atoms with van der Waals surface area (Å²) in [6.07, 6.45) is -0.332. The van der Waals surface area contributed by atoms with Gasteiger partial charge in [-0.15, -0.1) is 0 Å². The minimum atomic E-state index is -0.332. The summed E-state index contributed by atoms with van der Waals surface area (Å²) < 4.78 is 4.94. The molecule has 0 aliphatic carbocycles. The Bertz CT molecular complexity index is 355. The number of ether oxygens (including phenoxy) is 1. The first-order valence-corrected chi connectivity index (χ1v) is 4.99. The molecular formula is C11H14N2O2. The van der Waals surface area contributed by atoms with Gasteiger partial charge in [-0.25, -0.2) is 4.79 Å². The molecule has 3 N–H and O–H groups in total. The smallest absolute Gasteiger partial charge is 0.407 e. The number of hydrogen-bond acceptors (Lipinski definition) is 3. The highest BCUT2D eigenvalue weighted by Gasteiger charge is 2.20.